The maximum Gasteiger partial charge on any atom is 0.337 e. The number of esters is 1. The van der Waals surface area contributed by atoms with Crippen molar-refractivity contribution in [1.82, 2.24) is 0 Å². The van der Waals surface area contributed by atoms with Crippen LogP contribution in [0.15, 0.2) is 52.3 Å². The average molecular weight is 316 g/mol. The summed E-state index contributed by atoms with van der Waals surface area (Å²) in [7, 11) is 1.34. The predicted molar refractivity (Wildman–Crippen MR) is 84.7 cm³/mol. The lowest BCUT2D eigenvalue weighted by atomic mass is 10.1. The third kappa shape index (κ3) is 3.68. The van der Waals surface area contributed by atoms with E-state index in [1.165, 1.54) is 18.9 Å². The molecule has 0 aromatic heterocycles. The Bertz CT molecular complexity index is 692. The minimum absolute atomic E-state index is 0.332. The molecule has 0 fully saturated rings. The lowest BCUT2D eigenvalue weighted by molar-refractivity contribution is 0.0599. The largest absolute Gasteiger partial charge is 0.478 e. The molecule has 22 heavy (non-hydrogen) atoms. The van der Waals surface area contributed by atoms with Gasteiger partial charge in [-0.25, -0.2) is 9.59 Å². The molecule has 4 nitrogen and oxygen atoms in total. The third-order valence-corrected chi connectivity index (χ3v) is 4.20. The van der Waals surface area contributed by atoms with E-state index >= 15 is 0 Å². The van der Waals surface area contributed by atoms with Crippen LogP contribution in [-0.4, -0.2) is 24.2 Å². The zero-order chi connectivity index (χ0) is 16.1. The summed E-state index contributed by atoms with van der Waals surface area (Å²) in [6.45, 7) is 1.93. The highest BCUT2D eigenvalue weighted by atomic mass is 32.2. The van der Waals surface area contributed by atoms with E-state index < -0.39 is 5.97 Å². The van der Waals surface area contributed by atoms with Gasteiger partial charge >= 0.3 is 11.9 Å². The summed E-state index contributed by atoms with van der Waals surface area (Å²) < 4.78 is 4.65. The van der Waals surface area contributed by atoms with E-state index in [1.807, 2.05) is 31.2 Å². The minimum Gasteiger partial charge on any atom is -0.478 e. The van der Waals surface area contributed by atoms with Crippen LogP contribution in [0.1, 0.15) is 33.2 Å². The molecule has 0 bridgehead atoms. The van der Waals surface area contributed by atoms with E-state index in [0.29, 0.717) is 17.5 Å². The molecule has 0 heterocycles. The minimum atomic E-state index is -0.916. The Morgan fingerprint density at radius 1 is 1.09 bits per heavy atom. The summed E-state index contributed by atoms with van der Waals surface area (Å²) in [5, 5.41) is 9.25. The molecule has 0 aliphatic carbocycles. The van der Waals surface area contributed by atoms with Crippen molar-refractivity contribution in [2.24, 2.45) is 0 Å². The first-order chi connectivity index (χ1) is 10.5. The number of rotatable bonds is 5. The Morgan fingerprint density at radius 2 is 1.73 bits per heavy atom. The van der Waals surface area contributed by atoms with E-state index in [1.54, 1.807) is 18.2 Å². The predicted octanol–water partition coefficient (Wildman–Crippen LogP) is 3.89. The summed E-state index contributed by atoms with van der Waals surface area (Å²) in [6, 6.07) is 12.4. The molecule has 114 valence electrons. The maximum absolute atomic E-state index is 11.4. The molecule has 0 aliphatic heterocycles. The van der Waals surface area contributed by atoms with Crippen molar-refractivity contribution in [2.45, 2.75) is 23.1 Å². The number of methoxy groups -OCH3 is 1. The SMILES string of the molecule is CCc1ccc(Sc2ccc(C(=O)OC)cc2)cc1C(=O)O. The third-order valence-electron chi connectivity index (χ3n) is 3.20. The Hall–Kier alpha value is -2.27. The van der Waals surface area contributed by atoms with Crippen LogP contribution in [0.3, 0.4) is 0 Å². The summed E-state index contributed by atoms with van der Waals surface area (Å²) in [5.74, 6) is -1.29. The second-order valence-corrected chi connectivity index (χ2v) is 5.74. The monoisotopic (exact) mass is 316 g/mol. The molecule has 2 aromatic rings. The number of aromatic carboxylic acids is 1. The van der Waals surface area contributed by atoms with Crippen molar-refractivity contribution >= 4 is 23.7 Å². The molecule has 2 aromatic carbocycles. The lowest BCUT2D eigenvalue weighted by Gasteiger charge is -2.07. The van der Waals surface area contributed by atoms with Gasteiger partial charge in [-0.05, 0) is 48.4 Å². The summed E-state index contributed by atoms with van der Waals surface area (Å²) in [5.41, 5.74) is 1.64. The molecule has 0 saturated carbocycles. The molecular formula is C17H16O4S. The molecule has 5 heteroatoms. The molecule has 0 atom stereocenters. The topological polar surface area (TPSA) is 63.6 Å². The average Bonchev–Trinajstić information content (AvgIpc) is 2.54. The summed E-state index contributed by atoms with van der Waals surface area (Å²) in [4.78, 5) is 24.4. The van der Waals surface area contributed by atoms with Crippen LogP contribution in [-0.2, 0) is 11.2 Å². The van der Waals surface area contributed by atoms with Crippen molar-refractivity contribution in [3.63, 3.8) is 0 Å². The number of ether oxygens (including phenoxy) is 1. The number of carboxylic acid groups (broad SMARTS) is 1. The summed E-state index contributed by atoms with van der Waals surface area (Å²) in [6.07, 6.45) is 0.681. The van der Waals surface area contributed by atoms with Crippen LogP contribution in [0, 0.1) is 0 Å². The number of hydrogen-bond acceptors (Lipinski definition) is 4. The number of carbonyl (C=O) groups is 2. The van der Waals surface area contributed by atoms with Crippen LogP contribution in [0.2, 0.25) is 0 Å². The summed E-state index contributed by atoms with van der Waals surface area (Å²) >= 11 is 1.45. The molecule has 0 unspecified atom stereocenters. The van der Waals surface area contributed by atoms with Crippen LogP contribution in [0.4, 0.5) is 0 Å². The molecule has 0 spiro atoms. The molecule has 0 radical (unpaired) electrons. The number of benzene rings is 2. The van der Waals surface area contributed by atoms with Gasteiger partial charge in [0.25, 0.3) is 0 Å². The second-order valence-electron chi connectivity index (χ2n) is 4.60. The number of hydrogen-bond donors (Lipinski definition) is 1. The Morgan fingerprint density at radius 3 is 2.27 bits per heavy atom. The number of aryl methyl sites for hydroxylation is 1. The van der Waals surface area contributed by atoms with Gasteiger partial charge in [-0.3, -0.25) is 0 Å². The fourth-order valence-corrected chi connectivity index (χ4v) is 2.90. The number of carboxylic acids is 1. The lowest BCUT2D eigenvalue weighted by Crippen LogP contribution is -2.01. The van der Waals surface area contributed by atoms with Crippen molar-refractivity contribution in [1.29, 1.82) is 0 Å². The van der Waals surface area contributed by atoms with Gasteiger partial charge in [-0.1, -0.05) is 24.8 Å². The second kappa shape index (κ2) is 7.13. The molecule has 0 aliphatic rings. The van der Waals surface area contributed by atoms with Crippen LogP contribution >= 0.6 is 11.8 Å². The van der Waals surface area contributed by atoms with Gasteiger partial charge in [0.2, 0.25) is 0 Å². The Balaban J connectivity index is 2.22. The number of carbonyl (C=O) groups excluding carboxylic acids is 1. The van der Waals surface area contributed by atoms with E-state index in [2.05, 4.69) is 4.74 Å². The first-order valence-electron chi connectivity index (χ1n) is 6.77. The molecule has 1 N–H and O–H groups in total. The Kier molecular flexibility index (Phi) is 5.22. The molecule has 0 amide bonds. The van der Waals surface area contributed by atoms with E-state index in [9.17, 15) is 14.7 Å². The Labute approximate surface area is 133 Å². The van der Waals surface area contributed by atoms with E-state index in [4.69, 9.17) is 0 Å². The molecular weight excluding hydrogens is 300 g/mol. The van der Waals surface area contributed by atoms with Crippen molar-refractivity contribution in [2.75, 3.05) is 7.11 Å². The van der Waals surface area contributed by atoms with E-state index in [0.717, 1.165) is 15.4 Å². The molecule has 2 rings (SSSR count). The highest BCUT2D eigenvalue weighted by Gasteiger charge is 2.11. The van der Waals surface area contributed by atoms with Gasteiger partial charge in [0.1, 0.15) is 0 Å². The quantitative estimate of drug-likeness (QED) is 0.848. The van der Waals surface area contributed by atoms with Crippen LogP contribution in [0.5, 0.6) is 0 Å². The van der Waals surface area contributed by atoms with Crippen LogP contribution < -0.4 is 0 Å². The van der Waals surface area contributed by atoms with Gasteiger partial charge in [0.15, 0.2) is 0 Å². The van der Waals surface area contributed by atoms with Crippen molar-refractivity contribution in [3.8, 4) is 0 Å². The van der Waals surface area contributed by atoms with E-state index in [-0.39, 0.29) is 5.97 Å². The van der Waals surface area contributed by atoms with Gasteiger partial charge in [0.05, 0.1) is 18.2 Å². The van der Waals surface area contributed by atoms with Crippen molar-refractivity contribution in [3.05, 3.63) is 59.2 Å². The molecule has 0 saturated heterocycles. The maximum atomic E-state index is 11.4. The zero-order valence-electron chi connectivity index (χ0n) is 12.3. The smallest absolute Gasteiger partial charge is 0.337 e. The zero-order valence-corrected chi connectivity index (χ0v) is 13.1. The highest BCUT2D eigenvalue weighted by molar-refractivity contribution is 7.99. The fraction of sp³-hybridized carbons (Fsp3) is 0.176. The van der Waals surface area contributed by atoms with Gasteiger partial charge in [0, 0.05) is 9.79 Å². The fourth-order valence-electron chi connectivity index (χ4n) is 2.04. The standard InChI is InChI=1S/C17H16O4S/c1-3-11-4-9-14(10-15(11)16(18)19)22-13-7-5-12(6-8-13)17(20)21-2/h4-10H,3H2,1-2H3,(H,18,19). The van der Waals surface area contributed by atoms with Gasteiger partial charge < -0.3 is 9.84 Å². The van der Waals surface area contributed by atoms with Gasteiger partial charge in [-0.2, -0.15) is 0 Å². The normalized spacial score (nSPS) is 10.3. The van der Waals surface area contributed by atoms with Crippen molar-refractivity contribution < 1.29 is 19.4 Å². The highest BCUT2D eigenvalue weighted by Crippen LogP contribution is 2.29. The van der Waals surface area contributed by atoms with Crippen LogP contribution in [0.25, 0.3) is 0 Å². The first-order valence-corrected chi connectivity index (χ1v) is 7.59. The van der Waals surface area contributed by atoms with Gasteiger partial charge in [-0.15, -0.1) is 0 Å². The first kappa shape index (κ1) is 16.1.